The maximum atomic E-state index is 13.1. The van der Waals surface area contributed by atoms with Crippen LogP contribution < -0.4 is 10.6 Å². The Morgan fingerprint density at radius 1 is 0.515 bits per heavy atom. The molecule has 2 spiro atoms. The van der Waals surface area contributed by atoms with Crippen LogP contribution >= 0.6 is 0 Å². The van der Waals surface area contributed by atoms with Gasteiger partial charge in [0.15, 0.2) is 0 Å². The van der Waals surface area contributed by atoms with E-state index in [1.807, 2.05) is 57.9 Å². The number of amides is 2. The van der Waals surface area contributed by atoms with Gasteiger partial charge in [-0.05, 0) is 122 Å². The standard InChI is InChI=1S/2C25H23F3N2O3/c2*26-25(27,28)18-6-4-15(5-7-18)14-30-9-8-16-2-1-3-20(21(16)30)22(31)29-19-12-24(13-19)10-17(11-24)23(32)33/h2*1-9,17,19H,10-14H2,(H,29,31)(H,32,33). The van der Waals surface area contributed by atoms with Crippen molar-refractivity contribution in [2.45, 2.75) is 88.9 Å². The third kappa shape index (κ3) is 8.89. The Labute approximate surface area is 374 Å². The van der Waals surface area contributed by atoms with E-state index in [0.29, 0.717) is 61.0 Å². The molecular weight excluding hydrogens is 867 g/mol. The zero-order valence-electron chi connectivity index (χ0n) is 35.5. The van der Waals surface area contributed by atoms with Crippen LogP contribution in [0.5, 0.6) is 0 Å². The number of aromatic nitrogens is 2. The minimum Gasteiger partial charge on any atom is -0.481 e. The van der Waals surface area contributed by atoms with Crippen molar-refractivity contribution in [1.82, 2.24) is 19.8 Å². The molecule has 0 saturated heterocycles. The average molecular weight is 913 g/mol. The summed E-state index contributed by atoms with van der Waals surface area (Å²) < 4.78 is 80.8. The first-order valence-corrected chi connectivity index (χ1v) is 21.8. The molecule has 16 heteroatoms. The maximum absolute atomic E-state index is 13.1. The van der Waals surface area contributed by atoms with Crippen molar-refractivity contribution >= 4 is 45.6 Å². The van der Waals surface area contributed by atoms with Crippen LogP contribution in [0.2, 0.25) is 0 Å². The van der Waals surface area contributed by atoms with E-state index in [-0.39, 0.29) is 46.6 Å². The second kappa shape index (κ2) is 16.7. The Morgan fingerprint density at radius 3 is 1.18 bits per heavy atom. The first-order valence-electron chi connectivity index (χ1n) is 21.8. The molecule has 0 radical (unpaired) electrons. The number of carboxylic acids is 2. The number of carbonyl (C=O) groups is 4. The van der Waals surface area contributed by atoms with Gasteiger partial charge in [-0.25, -0.2) is 0 Å². The molecule has 4 aromatic carbocycles. The average Bonchev–Trinajstić information content (AvgIpc) is 3.82. The quantitative estimate of drug-likeness (QED) is 0.101. The zero-order chi connectivity index (χ0) is 46.8. The van der Waals surface area contributed by atoms with Crippen molar-refractivity contribution in [3.63, 3.8) is 0 Å². The van der Waals surface area contributed by atoms with Crippen LogP contribution in [0.1, 0.15) is 94.3 Å². The normalized spacial score (nSPS) is 24.3. The molecule has 0 bridgehead atoms. The molecule has 10 rings (SSSR count). The molecule has 0 aliphatic heterocycles. The number of para-hydroxylation sites is 2. The molecule has 2 heterocycles. The van der Waals surface area contributed by atoms with Crippen LogP contribution in [0.15, 0.2) is 109 Å². The lowest BCUT2D eigenvalue weighted by atomic mass is 9.50. The van der Waals surface area contributed by atoms with Gasteiger partial charge in [0.1, 0.15) is 0 Å². The van der Waals surface area contributed by atoms with Crippen molar-refractivity contribution in [2.75, 3.05) is 0 Å². The molecule has 0 atom stereocenters. The van der Waals surface area contributed by atoms with E-state index >= 15 is 0 Å². The number of carbonyl (C=O) groups excluding carboxylic acids is 2. The maximum Gasteiger partial charge on any atom is 0.416 e. The molecular formula is C50H46F6N4O6. The highest BCUT2D eigenvalue weighted by Crippen LogP contribution is 2.59. The molecule has 6 aromatic rings. The number of nitrogens with zero attached hydrogens (tertiary/aromatic N) is 2. The van der Waals surface area contributed by atoms with Crippen LogP contribution in [0.4, 0.5) is 26.3 Å². The Bertz CT molecular complexity index is 2630. The molecule has 10 nitrogen and oxygen atoms in total. The highest BCUT2D eigenvalue weighted by atomic mass is 19.4. The highest BCUT2D eigenvalue weighted by molar-refractivity contribution is 6.07. The summed E-state index contributed by atoms with van der Waals surface area (Å²) >= 11 is 0. The monoisotopic (exact) mass is 912 g/mol. The van der Waals surface area contributed by atoms with Crippen molar-refractivity contribution in [3.8, 4) is 0 Å². The van der Waals surface area contributed by atoms with E-state index in [1.54, 1.807) is 12.1 Å². The molecule has 4 saturated carbocycles. The summed E-state index contributed by atoms with van der Waals surface area (Å²) in [6.07, 6.45) is 0.819. The molecule has 4 N–H and O–H groups in total. The van der Waals surface area contributed by atoms with Gasteiger partial charge in [-0.3, -0.25) is 19.2 Å². The van der Waals surface area contributed by atoms with Crippen LogP contribution in [-0.2, 0) is 35.0 Å². The molecule has 2 aromatic heterocycles. The fourth-order valence-electron chi connectivity index (χ4n) is 10.8. The summed E-state index contributed by atoms with van der Waals surface area (Å²) in [6.45, 7) is 0.685. The molecule has 4 aliphatic rings. The molecule has 344 valence electrons. The summed E-state index contributed by atoms with van der Waals surface area (Å²) in [4.78, 5) is 48.2. The van der Waals surface area contributed by atoms with Crippen LogP contribution in [-0.4, -0.2) is 55.2 Å². The number of halogens is 6. The van der Waals surface area contributed by atoms with E-state index in [1.165, 1.54) is 24.3 Å². The van der Waals surface area contributed by atoms with E-state index in [2.05, 4.69) is 10.6 Å². The summed E-state index contributed by atoms with van der Waals surface area (Å²) in [6, 6.07) is 24.8. The zero-order valence-corrected chi connectivity index (χ0v) is 35.5. The van der Waals surface area contributed by atoms with Gasteiger partial charge in [0, 0.05) is 48.3 Å². The predicted octanol–water partition coefficient (Wildman–Crippen LogP) is 10.2. The van der Waals surface area contributed by atoms with E-state index < -0.39 is 35.4 Å². The lowest BCUT2D eigenvalue weighted by Crippen LogP contribution is -2.57. The first kappa shape index (κ1) is 44.6. The fraction of sp³-hybridized carbons (Fsp3) is 0.360. The third-order valence-corrected chi connectivity index (χ3v) is 14.1. The van der Waals surface area contributed by atoms with Gasteiger partial charge in [0.25, 0.3) is 11.8 Å². The molecule has 4 aliphatic carbocycles. The van der Waals surface area contributed by atoms with Crippen molar-refractivity contribution < 1.29 is 55.7 Å². The SMILES string of the molecule is O=C(NC1CC2(C1)CC(C(=O)O)C2)c1cccc2ccn(Cc3ccc(C(F)(F)F)cc3)c12.O=C(NC1CC2(C1)CC(C(=O)O)C2)c1cccc2ccn(Cc3ccc(C(F)(F)F)cc3)c12. The second-order valence-corrected chi connectivity index (χ2v) is 18.8. The third-order valence-electron chi connectivity index (χ3n) is 14.1. The topological polar surface area (TPSA) is 143 Å². The molecule has 66 heavy (non-hydrogen) atoms. The Kier molecular flexibility index (Phi) is 11.3. The summed E-state index contributed by atoms with van der Waals surface area (Å²) in [7, 11) is 0. The summed E-state index contributed by atoms with van der Waals surface area (Å²) in [5.74, 6) is -2.39. The van der Waals surface area contributed by atoms with Gasteiger partial charge in [0.2, 0.25) is 0 Å². The number of nitrogens with one attached hydrogen (secondary N) is 2. The van der Waals surface area contributed by atoms with E-state index in [4.69, 9.17) is 10.2 Å². The molecule has 2 amide bonds. The van der Waals surface area contributed by atoms with Gasteiger partial charge in [-0.2, -0.15) is 26.3 Å². The molecule has 4 fully saturated rings. The summed E-state index contributed by atoms with van der Waals surface area (Å²) in [5.41, 5.74) is 2.66. The fourth-order valence-corrected chi connectivity index (χ4v) is 10.8. The number of rotatable bonds is 10. The van der Waals surface area contributed by atoms with Crippen LogP contribution in [0, 0.1) is 22.7 Å². The van der Waals surface area contributed by atoms with Crippen molar-refractivity contribution in [2.24, 2.45) is 22.7 Å². The number of benzene rings is 4. The van der Waals surface area contributed by atoms with Crippen LogP contribution in [0.3, 0.4) is 0 Å². The Hall–Kier alpha value is -6.58. The lowest BCUT2D eigenvalue weighted by Gasteiger charge is -2.56. The van der Waals surface area contributed by atoms with Gasteiger partial charge in [0.05, 0.1) is 45.1 Å². The smallest absolute Gasteiger partial charge is 0.416 e. The highest BCUT2D eigenvalue weighted by Gasteiger charge is 2.56. The van der Waals surface area contributed by atoms with Crippen molar-refractivity contribution in [3.05, 3.63) is 143 Å². The number of hydrogen-bond donors (Lipinski definition) is 4. The van der Waals surface area contributed by atoms with Crippen LogP contribution in [0.25, 0.3) is 21.8 Å². The molecule has 0 unspecified atom stereocenters. The van der Waals surface area contributed by atoms with Gasteiger partial charge in [-0.1, -0.05) is 48.5 Å². The number of hydrogen-bond acceptors (Lipinski definition) is 4. The second-order valence-electron chi connectivity index (χ2n) is 18.8. The first-order chi connectivity index (χ1) is 31.3. The number of alkyl halides is 6. The van der Waals surface area contributed by atoms with Gasteiger partial charge >= 0.3 is 24.3 Å². The Balaban J connectivity index is 0.000000166. The Morgan fingerprint density at radius 2 is 0.864 bits per heavy atom. The lowest BCUT2D eigenvalue weighted by molar-refractivity contribution is -0.156. The minimum atomic E-state index is -4.38. The number of carboxylic acid groups (broad SMARTS) is 2. The summed E-state index contributed by atoms with van der Waals surface area (Å²) in [5, 5.41) is 26.1. The number of aliphatic carboxylic acids is 2. The van der Waals surface area contributed by atoms with E-state index in [0.717, 1.165) is 71.8 Å². The predicted molar refractivity (Wildman–Crippen MR) is 232 cm³/mol. The van der Waals surface area contributed by atoms with Crippen molar-refractivity contribution in [1.29, 1.82) is 0 Å². The minimum absolute atomic E-state index is 0.0285. The van der Waals surface area contributed by atoms with E-state index in [9.17, 15) is 45.5 Å². The van der Waals surface area contributed by atoms with Gasteiger partial charge < -0.3 is 30.0 Å². The largest absolute Gasteiger partial charge is 0.481 e. The van der Waals surface area contributed by atoms with Gasteiger partial charge in [-0.15, -0.1) is 0 Å². The number of fused-ring (bicyclic) bond motifs is 2.